The highest BCUT2D eigenvalue weighted by molar-refractivity contribution is 5.94. The van der Waals surface area contributed by atoms with Gasteiger partial charge in [0.25, 0.3) is 0 Å². The van der Waals surface area contributed by atoms with Crippen LogP contribution in [-0.2, 0) is 4.79 Å². The van der Waals surface area contributed by atoms with E-state index in [2.05, 4.69) is 10.4 Å². The van der Waals surface area contributed by atoms with Gasteiger partial charge in [0.2, 0.25) is 5.91 Å². The number of carbonyl (C=O) groups excluding carboxylic acids is 1. The zero-order valence-electron chi connectivity index (χ0n) is 15.1. The van der Waals surface area contributed by atoms with Crippen molar-refractivity contribution in [1.82, 2.24) is 9.78 Å². The van der Waals surface area contributed by atoms with Crippen LogP contribution in [0.5, 0.6) is 5.75 Å². The molecule has 2 aromatic carbocycles. The average molecular weight is 365 g/mol. The molecule has 138 valence electrons. The van der Waals surface area contributed by atoms with Gasteiger partial charge in [-0.05, 0) is 55.8 Å². The fraction of sp³-hybridized carbons (Fsp3) is 0.238. The van der Waals surface area contributed by atoms with Gasteiger partial charge >= 0.3 is 0 Å². The van der Waals surface area contributed by atoms with Crippen molar-refractivity contribution in [3.8, 4) is 11.4 Å². The van der Waals surface area contributed by atoms with Gasteiger partial charge in [-0.3, -0.25) is 4.79 Å². The fourth-order valence-corrected chi connectivity index (χ4v) is 3.35. The molecular formula is C21H20FN3O2. The van der Waals surface area contributed by atoms with Crippen molar-refractivity contribution in [1.29, 1.82) is 0 Å². The van der Waals surface area contributed by atoms with Gasteiger partial charge in [-0.1, -0.05) is 12.1 Å². The summed E-state index contributed by atoms with van der Waals surface area (Å²) in [6, 6.07) is 13.8. The number of anilines is 1. The van der Waals surface area contributed by atoms with Crippen LogP contribution in [0.3, 0.4) is 0 Å². The molecule has 0 aliphatic carbocycles. The lowest BCUT2D eigenvalue weighted by Crippen LogP contribution is -2.24. The van der Waals surface area contributed by atoms with Gasteiger partial charge < -0.3 is 10.1 Å². The number of carbonyl (C=O) groups is 1. The molecule has 0 unspecified atom stereocenters. The molecule has 4 rings (SSSR count). The maximum Gasteiger partial charge on any atom is 0.226 e. The summed E-state index contributed by atoms with van der Waals surface area (Å²) >= 11 is 0. The Morgan fingerprint density at radius 3 is 2.52 bits per heavy atom. The van der Waals surface area contributed by atoms with E-state index >= 15 is 0 Å². The lowest BCUT2D eigenvalue weighted by Gasteiger charge is -2.24. The molecule has 0 saturated carbocycles. The molecule has 6 heteroatoms. The minimum atomic E-state index is -0.314. The molecule has 0 spiro atoms. The maximum atomic E-state index is 13.2. The highest BCUT2D eigenvalue weighted by Gasteiger charge is 2.30. The van der Waals surface area contributed by atoms with E-state index in [-0.39, 0.29) is 23.7 Å². The zero-order chi connectivity index (χ0) is 19.0. The van der Waals surface area contributed by atoms with Crippen molar-refractivity contribution in [2.75, 3.05) is 5.32 Å². The van der Waals surface area contributed by atoms with Crippen LogP contribution in [0, 0.1) is 5.82 Å². The van der Waals surface area contributed by atoms with Crippen molar-refractivity contribution in [2.24, 2.45) is 0 Å². The molecule has 0 saturated heterocycles. The third-order valence-electron chi connectivity index (χ3n) is 4.55. The molecule has 1 N–H and O–H groups in total. The van der Waals surface area contributed by atoms with E-state index in [9.17, 15) is 9.18 Å². The molecule has 0 fully saturated rings. The van der Waals surface area contributed by atoms with Crippen molar-refractivity contribution in [3.05, 3.63) is 71.7 Å². The second-order valence-electron chi connectivity index (χ2n) is 6.88. The van der Waals surface area contributed by atoms with Crippen LogP contribution in [0.15, 0.2) is 54.7 Å². The number of benzene rings is 2. The quantitative estimate of drug-likeness (QED) is 0.751. The van der Waals surface area contributed by atoms with E-state index in [1.165, 1.54) is 12.1 Å². The van der Waals surface area contributed by atoms with Gasteiger partial charge in [-0.2, -0.15) is 5.10 Å². The number of rotatable bonds is 4. The topological polar surface area (TPSA) is 56.1 Å². The lowest BCUT2D eigenvalue weighted by atomic mass is 9.87. The number of aromatic nitrogens is 2. The standard InChI is InChI=1S/C21H20FN3O2/c1-13(2)27-17-9-3-14(4-10-17)18-11-20(26)24-21-19(18)12-23-25(21)16-7-5-15(22)6-8-16/h3-10,12-13,18H,11H2,1-2H3,(H,24,26)/t18-/m1/s1. The largest absolute Gasteiger partial charge is 0.491 e. The van der Waals surface area contributed by atoms with Crippen molar-refractivity contribution in [3.63, 3.8) is 0 Å². The van der Waals surface area contributed by atoms with Gasteiger partial charge in [0.05, 0.1) is 18.0 Å². The molecule has 0 radical (unpaired) electrons. The molecule has 0 bridgehead atoms. The van der Waals surface area contributed by atoms with Crippen LogP contribution >= 0.6 is 0 Å². The van der Waals surface area contributed by atoms with E-state index < -0.39 is 0 Å². The van der Waals surface area contributed by atoms with Gasteiger partial charge in [-0.25, -0.2) is 9.07 Å². The van der Waals surface area contributed by atoms with Crippen molar-refractivity contribution >= 4 is 11.7 Å². The number of amides is 1. The second-order valence-corrected chi connectivity index (χ2v) is 6.88. The molecule has 27 heavy (non-hydrogen) atoms. The minimum Gasteiger partial charge on any atom is -0.491 e. The van der Waals surface area contributed by atoms with Gasteiger partial charge in [0.1, 0.15) is 17.4 Å². The molecule has 3 aromatic rings. The summed E-state index contributed by atoms with van der Waals surface area (Å²) in [5.41, 5.74) is 2.66. The molecule has 5 nitrogen and oxygen atoms in total. The molecule has 1 aromatic heterocycles. The van der Waals surface area contributed by atoms with Crippen molar-refractivity contribution < 1.29 is 13.9 Å². The summed E-state index contributed by atoms with van der Waals surface area (Å²) in [4.78, 5) is 12.3. The Morgan fingerprint density at radius 1 is 1.15 bits per heavy atom. The van der Waals surface area contributed by atoms with Crippen molar-refractivity contribution in [2.45, 2.75) is 32.3 Å². The van der Waals surface area contributed by atoms with Gasteiger partial charge in [0, 0.05) is 17.9 Å². The average Bonchev–Trinajstić information content (AvgIpc) is 3.05. The summed E-state index contributed by atoms with van der Waals surface area (Å²) < 4.78 is 20.5. The van der Waals surface area contributed by atoms with Gasteiger partial charge in [0.15, 0.2) is 0 Å². The summed E-state index contributed by atoms with van der Waals surface area (Å²) in [5, 5.41) is 7.32. The number of hydrogen-bond donors (Lipinski definition) is 1. The first kappa shape index (κ1) is 17.3. The molecule has 1 aliphatic rings. The molecule has 1 amide bonds. The number of nitrogens with zero attached hydrogens (tertiary/aromatic N) is 2. The predicted molar refractivity (Wildman–Crippen MR) is 101 cm³/mol. The SMILES string of the molecule is CC(C)Oc1ccc([C@H]2CC(=O)Nc3c2cnn3-c2ccc(F)cc2)cc1. The van der Waals surface area contributed by atoms with Crippen LogP contribution in [0.1, 0.15) is 37.3 Å². The van der Waals surface area contributed by atoms with Crippen LogP contribution < -0.4 is 10.1 Å². The zero-order valence-corrected chi connectivity index (χ0v) is 15.1. The summed E-state index contributed by atoms with van der Waals surface area (Å²) in [6.07, 6.45) is 2.23. The monoisotopic (exact) mass is 365 g/mol. The van der Waals surface area contributed by atoms with E-state index in [1.807, 2.05) is 38.1 Å². The predicted octanol–water partition coefficient (Wildman–Crippen LogP) is 4.27. The highest BCUT2D eigenvalue weighted by atomic mass is 19.1. The first-order valence-corrected chi connectivity index (χ1v) is 8.91. The smallest absolute Gasteiger partial charge is 0.226 e. The Hall–Kier alpha value is -3.15. The molecule has 1 atom stereocenters. The highest BCUT2D eigenvalue weighted by Crippen LogP contribution is 2.38. The van der Waals surface area contributed by atoms with Crippen LogP contribution in [0.4, 0.5) is 10.2 Å². The number of nitrogens with one attached hydrogen (secondary N) is 1. The number of ether oxygens (including phenoxy) is 1. The Morgan fingerprint density at radius 2 is 1.85 bits per heavy atom. The van der Waals surface area contributed by atoms with E-state index in [1.54, 1.807) is 23.0 Å². The lowest BCUT2D eigenvalue weighted by molar-refractivity contribution is -0.116. The summed E-state index contributed by atoms with van der Waals surface area (Å²) in [6.45, 7) is 3.96. The molecule has 1 aliphatic heterocycles. The van der Waals surface area contributed by atoms with Crippen LogP contribution in [0.25, 0.3) is 5.69 Å². The Balaban J connectivity index is 1.69. The third-order valence-corrected chi connectivity index (χ3v) is 4.55. The number of fused-ring (bicyclic) bond motifs is 1. The maximum absolute atomic E-state index is 13.2. The minimum absolute atomic E-state index is 0.0705. The van der Waals surface area contributed by atoms with E-state index in [4.69, 9.17) is 4.74 Å². The summed E-state index contributed by atoms with van der Waals surface area (Å²) in [7, 11) is 0. The molecule has 2 heterocycles. The third kappa shape index (κ3) is 3.43. The first-order chi connectivity index (χ1) is 13.0. The Labute approximate surface area is 156 Å². The second kappa shape index (κ2) is 6.87. The molecular weight excluding hydrogens is 345 g/mol. The van der Waals surface area contributed by atoms with Gasteiger partial charge in [-0.15, -0.1) is 0 Å². The number of hydrogen-bond acceptors (Lipinski definition) is 3. The van der Waals surface area contributed by atoms with Crippen LogP contribution in [-0.4, -0.2) is 21.8 Å². The normalized spacial score (nSPS) is 16.1. The Kier molecular flexibility index (Phi) is 4.39. The first-order valence-electron chi connectivity index (χ1n) is 8.91. The Bertz CT molecular complexity index is 962. The summed E-state index contributed by atoms with van der Waals surface area (Å²) in [5.74, 6) is 0.960. The van der Waals surface area contributed by atoms with E-state index in [0.717, 1.165) is 16.9 Å². The van der Waals surface area contributed by atoms with Crippen LogP contribution in [0.2, 0.25) is 0 Å². The number of halogens is 1. The van der Waals surface area contributed by atoms with E-state index in [0.29, 0.717) is 17.9 Å². The fourth-order valence-electron chi connectivity index (χ4n) is 3.35.